The van der Waals surface area contributed by atoms with Gasteiger partial charge < -0.3 is 9.47 Å². The van der Waals surface area contributed by atoms with Gasteiger partial charge in [-0.3, -0.25) is 5.43 Å². The van der Waals surface area contributed by atoms with Gasteiger partial charge in [0.2, 0.25) is 5.95 Å². The largest absolute Gasteiger partial charge is 0.464 e. The van der Waals surface area contributed by atoms with E-state index >= 15 is 0 Å². The first-order valence-corrected chi connectivity index (χ1v) is 6.78. The summed E-state index contributed by atoms with van der Waals surface area (Å²) >= 11 is 0. The number of nitrogens with two attached hydrogens (primary N) is 1. The summed E-state index contributed by atoms with van der Waals surface area (Å²) in [6.07, 6.45) is 5.87. The predicted molar refractivity (Wildman–Crippen MR) is 73.1 cm³/mol. The van der Waals surface area contributed by atoms with Gasteiger partial charge in [0.1, 0.15) is 0 Å². The van der Waals surface area contributed by atoms with Gasteiger partial charge in [-0.2, -0.15) is 9.97 Å². The number of rotatable bonds is 10. The second kappa shape index (κ2) is 9.32. The van der Waals surface area contributed by atoms with Crippen molar-refractivity contribution in [3.05, 3.63) is 0 Å². The average Bonchev–Trinajstić information content (AvgIpc) is 2.43. The first kappa shape index (κ1) is 15.4. The van der Waals surface area contributed by atoms with E-state index in [2.05, 4.69) is 27.3 Å². The van der Waals surface area contributed by atoms with Crippen LogP contribution in [0, 0.1) is 0 Å². The second-order valence-corrected chi connectivity index (χ2v) is 4.06. The van der Waals surface area contributed by atoms with Crippen LogP contribution in [0.3, 0.4) is 0 Å². The molecule has 0 aliphatic rings. The predicted octanol–water partition coefficient (Wildman–Crippen LogP) is 1.91. The van der Waals surface area contributed by atoms with Crippen molar-refractivity contribution < 1.29 is 9.47 Å². The van der Waals surface area contributed by atoms with Crippen LogP contribution in [0.2, 0.25) is 0 Å². The average molecular weight is 269 g/mol. The molecule has 7 heteroatoms. The molecule has 0 aliphatic heterocycles. The van der Waals surface area contributed by atoms with Gasteiger partial charge >= 0.3 is 12.0 Å². The molecule has 0 unspecified atom stereocenters. The van der Waals surface area contributed by atoms with E-state index in [1.165, 1.54) is 19.3 Å². The smallest absolute Gasteiger partial charge is 0.324 e. The molecule has 1 aromatic rings. The molecular formula is C12H23N5O2. The third kappa shape index (κ3) is 6.19. The summed E-state index contributed by atoms with van der Waals surface area (Å²) in [6, 6.07) is 0.452. The number of hydrogen-bond acceptors (Lipinski definition) is 7. The number of aromatic nitrogens is 3. The molecule has 0 spiro atoms. The van der Waals surface area contributed by atoms with Crippen LogP contribution in [0.5, 0.6) is 12.0 Å². The quantitative estimate of drug-likeness (QED) is 0.380. The van der Waals surface area contributed by atoms with Crippen LogP contribution in [0.1, 0.15) is 46.0 Å². The monoisotopic (exact) mass is 269 g/mol. The summed E-state index contributed by atoms with van der Waals surface area (Å²) < 4.78 is 10.7. The Hall–Kier alpha value is -1.63. The van der Waals surface area contributed by atoms with Crippen LogP contribution in [0.4, 0.5) is 5.95 Å². The fourth-order valence-corrected chi connectivity index (χ4v) is 1.53. The van der Waals surface area contributed by atoms with Crippen molar-refractivity contribution in [3.8, 4) is 12.0 Å². The molecule has 0 saturated carbocycles. The summed E-state index contributed by atoms with van der Waals surface area (Å²) in [5.41, 5.74) is 2.36. The molecule has 0 radical (unpaired) electrons. The number of ether oxygens (including phenoxy) is 2. The summed E-state index contributed by atoms with van der Waals surface area (Å²) in [6.45, 7) is 5.11. The van der Waals surface area contributed by atoms with Crippen LogP contribution in [0.15, 0.2) is 0 Å². The number of hydrogen-bond donors (Lipinski definition) is 2. The van der Waals surface area contributed by atoms with Gasteiger partial charge in [0.05, 0.1) is 13.2 Å². The second-order valence-electron chi connectivity index (χ2n) is 4.06. The first-order valence-electron chi connectivity index (χ1n) is 6.78. The Bertz CT molecular complexity index is 362. The molecule has 0 atom stereocenters. The minimum absolute atomic E-state index is 0.214. The van der Waals surface area contributed by atoms with Gasteiger partial charge in [0, 0.05) is 0 Å². The third-order valence-electron chi connectivity index (χ3n) is 2.48. The lowest BCUT2D eigenvalue weighted by molar-refractivity contribution is 0.263. The SMILES string of the molecule is CCCCCCCOc1nc(NN)nc(OCC)n1. The fraction of sp³-hybridized carbons (Fsp3) is 0.750. The van der Waals surface area contributed by atoms with E-state index in [1.54, 1.807) is 0 Å². The van der Waals surface area contributed by atoms with Crippen molar-refractivity contribution in [3.63, 3.8) is 0 Å². The maximum Gasteiger partial charge on any atom is 0.324 e. The highest BCUT2D eigenvalue weighted by molar-refractivity contribution is 5.25. The van der Waals surface area contributed by atoms with Gasteiger partial charge in [0.25, 0.3) is 0 Å². The normalized spacial score (nSPS) is 10.3. The van der Waals surface area contributed by atoms with Crippen LogP contribution < -0.4 is 20.7 Å². The molecule has 0 saturated heterocycles. The molecule has 1 rings (SSSR count). The summed E-state index contributed by atoms with van der Waals surface area (Å²) in [4.78, 5) is 12.0. The van der Waals surface area contributed by atoms with Crippen molar-refractivity contribution in [1.82, 2.24) is 15.0 Å². The maximum absolute atomic E-state index is 5.48. The zero-order valence-electron chi connectivity index (χ0n) is 11.7. The minimum atomic E-state index is 0.214. The van der Waals surface area contributed by atoms with Crippen molar-refractivity contribution in [2.75, 3.05) is 18.6 Å². The van der Waals surface area contributed by atoms with Gasteiger partial charge in [-0.15, -0.1) is 4.98 Å². The van der Waals surface area contributed by atoms with E-state index in [0.717, 1.165) is 12.8 Å². The molecule has 3 N–H and O–H groups in total. The standard InChI is InChI=1S/C12H23N5O2/c1-3-5-6-7-8-9-19-12-15-10(17-13)14-11(16-12)18-4-2/h3-9,13H2,1-2H3,(H,14,15,16,17). The molecular weight excluding hydrogens is 246 g/mol. The lowest BCUT2D eigenvalue weighted by Gasteiger charge is -2.07. The van der Waals surface area contributed by atoms with Gasteiger partial charge in [-0.25, -0.2) is 5.84 Å². The number of nitrogens with zero attached hydrogens (tertiary/aromatic N) is 3. The van der Waals surface area contributed by atoms with E-state index < -0.39 is 0 Å². The first-order chi connectivity index (χ1) is 9.30. The topological polar surface area (TPSA) is 95.2 Å². The highest BCUT2D eigenvalue weighted by atomic mass is 16.5. The molecule has 0 fully saturated rings. The summed E-state index contributed by atoms with van der Waals surface area (Å²) in [5.74, 6) is 5.52. The Morgan fingerprint density at radius 1 is 0.947 bits per heavy atom. The Kier molecular flexibility index (Phi) is 7.57. The van der Waals surface area contributed by atoms with E-state index in [9.17, 15) is 0 Å². The highest BCUT2D eigenvalue weighted by Crippen LogP contribution is 2.12. The van der Waals surface area contributed by atoms with Crippen molar-refractivity contribution >= 4 is 5.95 Å². The Morgan fingerprint density at radius 3 is 2.26 bits per heavy atom. The fourth-order valence-electron chi connectivity index (χ4n) is 1.53. The molecule has 0 aromatic carbocycles. The summed E-state index contributed by atoms with van der Waals surface area (Å²) in [7, 11) is 0. The van der Waals surface area contributed by atoms with Gasteiger partial charge in [0.15, 0.2) is 0 Å². The Labute approximate surface area is 113 Å². The Morgan fingerprint density at radius 2 is 1.63 bits per heavy atom. The number of hydrazine groups is 1. The Balaban J connectivity index is 2.41. The molecule has 108 valence electrons. The van der Waals surface area contributed by atoms with Crippen LogP contribution in [-0.4, -0.2) is 28.2 Å². The van der Waals surface area contributed by atoms with Crippen molar-refractivity contribution in [2.45, 2.75) is 46.0 Å². The van der Waals surface area contributed by atoms with Gasteiger partial charge in [-0.05, 0) is 13.3 Å². The molecule has 1 heterocycles. The zero-order valence-corrected chi connectivity index (χ0v) is 11.7. The van der Waals surface area contributed by atoms with Crippen molar-refractivity contribution in [2.24, 2.45) is 5.84 Å². The van der Waals surface area contributed by atoms with E-state index in [-0.39, 0.29) is 18.0 Å². The van der Waals surface area contributed by atoms with Crippen LogP contribution in [0.25, 0.3) is 0 Å². The molecule has 19 heavy (non-hydrogen) atoms. The van der Waals surface area contributed by atoms with E-state index in [0.29, 0.717) is 13.2 Å². The lowest BCUT2D eigenvalue weighted by Crippen LogP contribution is -2.13. The molecule has 1 aromatic heterocycles. The number of nitrogens with one attached hydrogen (secondary N) is 1. The zero-order chi connectivity index (χ0) is 13.9. The summed E-state index contributed by atoms with van der Waals surface area (Å²) in [5, 5.41) is 0. The number of unbranched alkanes of at least 4 members (excludes halogenated alkanes) is 4. The minimum Gasteiger partial charge on any atom is -0.464 e. The number of nitrogen functional groups attached to an aromatic ring is 1. The van der Waals surface area contributed by atoms with Gasteiger partial charge in [-0.1, -0.05) is 32.6 Å². The molecule has 7 nitrogen and oxygen atoms in total. The maximum atomic E-state index is 5.48. The molecule has 0 bridgehead atoms. The number of anilines is 1. The molecule has 0 amide bonds. The van der Waals surface area contributed by atoms with E-state index in [4.69, 9.17) is 15.3 Å². The van der Waals surface area contributed by atoms with E-state index in [1.807, 2.05) is 6.92 Å². The van der Waals surface area contributed by atoms with Crippen LogP contribution in [-0.2, 0) is 0 Å². The van der Waals surface area contributed by atoms with Crippen LogP contribution >= 0.6 is 0 Å². The molecule has 0 aliphatic carbocycles. The highest BCUT2D eigenvalue weighted by Gasteiger charge is 2.07. The van der Waals surface area contributed by atoms with Crippen molar-refractivity contribution in [1.29, 1.82) is 0 Å². The lowest BCUT2D eigenvalue weighted by atomic mass is 10.2. The third-order valence-corrected chi connectivity index (χ3v) is 2.48.